The molecular weight excluding hydrogens is 269 g/mol. The number of alkyl halides is 3. The van der Waals surface area contributed by atoms with Crippen molar-refractivity contribution in [2.75, 3.05) is 19.4 Å². The van der Waals surface area contributed by atoms with Gasteiger partial charge in [-0.15, -0.1) is 0 Å². The van der Waals surface area contributed by atoms with Gasteiger partial charge < -0.3 is 10.2 Å². The Hall–Kier alpha value is -2.24. The van der Waals surface area contributed by atoms with Crippen molar-refractivity contribution in [1.82, 2.24) is 4.90 Å². The van der Waals surface area contributed by atoms with Crippen LogP contribution in [0.3, 0.4) is 0 Å². The lowest BCUT2D eigenvalue weighted by molar-refractivity contribution is -0.167. The molecule has 1 amide bonds. The van der Waals surface area contributed by atoms with Gasteiger partial charge in [-0.25, -0.2) is 0 Å². The molecule has 0 saturated heterocycles. The number of hydrogen-bond acceptors (Lipinski definition) is 2. The Bertz CT molecular complexity index is 519. The predicted molar refractivity (Wildman–Crippen MR) is 73.0 cm³/mol. The molecule has 6 heteroatoms. The van der Waals surface area contributed by atoms with Gasteiger partial charge in [-0.3, -0.25) is 4.79 Å². The molecule has 0 aliphatic heterocycles. The first-order valence-electron chi connectivity index (χ1n) is 5.79. The molecule has 0 aliphatic rings. The molecule has 0 unspecified atom stereocenters. The standard InChI is InChI=1S/C14H15F3N2O/c1-19(2)10-6-5-8-11-7-3-4-9-12(11)18-13(20)14(15,16)17/h3-10H,1-2H3,(H,18,20). The van der Waals surface area contributed by atoms with Gasteiger partial charge in [-0.1, -0.05) is 30.4 Å². The van der Waals surface area contributed by atoms with Gasteiger partial charge in [0.15, 0.2) is 0 Å². The fraction of sp³-hybridized carbons (Fsp3) is 0.214. The van der Waals surface area contributed by atoms with Crippen LogP contribution in [-0.4, -0.2) is 31.1 Å². The van der Waals surface area contributed by atoms with Crippen molar-refractivity contribution in [3.05, 3.63) is 48.2 Å². The van der Waals surface area contributed by atoms with E-state index in [0.29, 0.717) is 5.56 Å². The molecule has 0 aliphatic carbocycles. The zero-order chi connectivity index (χ0) is 15.2. The highest BCUT2D eigenvalue weighted by molar-refractivity contribution is 5.96. The van der Waals surface area contributed by atoms with Crippen molar-refractivity contribution < 1.29 is 18.0 Å². The molecule has 0 aromatic heterocycles. The smallest absolute Gasteiger partial charge is 0.383 e. The van der Waals surface area contributed by atoms with E-state index in [9.17, 15) is 18.0 Å². The van der Waals surface area contributed by atoms with Gasteiger partial charge in [0.25, 0.3) is 0 Å². The molecule has 108 valence electrons. The highest BCUT2D eigenvalue weighted by Crippen LogP contribution is 2.21. The van der Waals surface area contributed by atoms with Crippen LogP contribution in [0.5, 0.6) is 0 Å². The summed E-state index contributed by atoms with van der Waals surface area (Å²) in [6.45, 7) is 0. The van der Waals surface area contributed by atoms with Gasteiger partial charge in [0.05, 0.1) is 0 Å². The third kappa shape index (κ3) is 5.17. The molecule has 0 radical (unpaired) electrons. The molecule has 1 aromatic rings. The average Bonchev–Trinajstić information content (AvgIpc) is 2.35. The molecule has 0 bridgehead atoms. The number of nitrogens with one attached hydrogen (secondary N) is 1. The minimum absolute atomic E-state index is 0.115. The first-order chi connectivity index (χ1) is 9.30. The van der Waals surface area contributed by atoms with Crippen molar-refractivity contribution in [1.29, 1.82) is 0 Å². The third-order valence-corrected chi connectivity index (χ3v) is 2.24. The van der Waals surface area contributed by atoms with Crippen LogP contribution in [0.2, 0.25) is 0 Å². The predicted octanol–water partition coefficient (Wildman–Crippen LogP) is 3.28. The molecule has 1 aromatic carbocycles. The minimum atomic E-state index is -4.90. The van der Waals surface area contributed by atoms with Crippen LogP contribution in [0.25, 0.3) is 6.08 Å². The summed E-state index contributed by atoms with van der Waals surface area (Å²) in [5, 5.41) is 1.85. The lowest BCUT2D eigenvalue weighted by Gasteiger charge is -2.10. The average molecular weight is 284 g/mol. The lowest BCUT2D eigenvalue weighted by Crippen LogP contribution is -2.30. The van der Waals surface area contributed by atoms with E-state index >= 15 is 0 Å². The maximum Gasteiger partial charge on any atom is 0.471 e. The van der Waals surface area contributed by atoms with E-state index < -0.39 is 12.1 Å². The quantitative estimate of drug-likeness (QED) is 0.861. The SMILES string of the molecule is CN(C)C=CC=Cc1ccccc1NC(=O)C(F)(F)F. The number of benzene rings is 1. The fourth-order valence-corrected chi connectivity index (χ4v) is 1.33. The number of hydrogen-bond donors (Lipinski definition) is 1. The van der Waals surface area contributed by atoms with Crippen molar-refractivity contribution >= 4 is 17.7 Å². The normalized spacial score (nSPS) is 12.1. The van der Waals surface area contributed by atoms with Crippen LogP contribution in [0.15, 0.2) is 42.6 Å². The Labute approximate surface area is 115 Å². The Morgan fingerprint density at radius 3 is 2.45 bits per heavy atom. The largest absolute Gasteiger partial charge is 0.471 e. The maximum absolute atomic E-state index is 12.2. The van der Waals surface area contributed by atoms with Crippen LogP contribution in [0.4, 0.5) is 18.9 Å². The molecule has 0 fully saturated rings. The van der Waals surface area contributed by atoms with Crippen molar-refractivity contribution in [2.45, 2.75) is 6.18 Å². The summed E-state index contributed by atoms with van der Waals surface area (Å²) in [4.78, 5) is 12.7. The highest BCUT2D eigenvalue weighted by atomic mass is 19.4. The summed E-state index contributed by atoms with van der Waals surface area (Å²) in [5.74, 6) is -1.98. The van der Waals surface area contributed by atoms with Crippen LogP contribution in [0, 0.1) is 0 Å². The van der Waals surface area contributed by atoms with Gasteiger partial charge in [0.1, 0.15) is 0 Å². The summed E-state index contributed by atoms with van der Waals surface area (Å²) < 4.78 is 36.6. The molecule has 1 N–H and O–H groups in total. The van der Waals surface area contributed by atoms with Gasteiger partial charge in [0, 0.05) is 19.8 Å². The number of para-hydroxylation sites is 1. The lowest BCUT2D eigenvalue weighted by atomic mass is 10.1. The van der Waals surface area contributed by atoms with Crippen LogP contribution in [-0.2, 0) is 4.79 Å². The molecule has 1 rings (SSSR count). The molecule has 0 spiro atoms. The van der Waals surface area contributed by atoms with Gasteiger partial charge in [-0.05, 0) is 23.9 Å². The van der Waals surface area contributed by atoms with Crippen LogP contribution < -0.4 is 5.32 Å². The van der Waals surface area contributed by atoms with E-state index in [1.54, 1.807) is 42.6 Å². The Balaban J connectivity index is 2.86. The number of nitrogens with zero attached hydrogens (tertiary/aromatic N) is 1. The van der Waals surface area contributed by atoms with E-state index in [4.69, 9.17) is 0 Å². The second kappa shape index (κ2) is 6.79. The van der Waals surface area contributed by atoms with Crippen molar-refractivity contribution in [2.24, 2.45) is 0 Å². The van der Waals surface area contributed by atoms with E-state index in [0.717, 1.165) is 0 Å². The number of rotatable bonds is 4. The summed E-state index contributed by atoms with van der Waals surface area (Å²) in [6, 6.07) is 6.27. The first kappa shape index (κ1) is 15.8. The second-order valence-electron chi connectivity index (χ2n) is 4.20. The summed E-state index contributed by atoms with van der Waals surface area (Å²) in [6.07, 6.45) is 1.92. The molecular formula is C14H15F3N2O. The second-order valence-corrected chi connectivity index (χ2v) is 4.20. The molecule has 0 saturated carbocycles. The van der Waals surface area contributed by atoms with E-state index in [-0.39, 0.29) is 5.69 Å². The van der Waals surface area contributed by atoms with E-state index in [1.165, 1.54) is 6.07 Å². The van der Waals surface area contributed by atoms with Gasteiger partial charge in [-0.2, -0.15) is 13.2 Å². The summed E-state index contributed by atoms with van der Waals surface area (Å²) in [7, 11) is 3.70. The molecule has 3 nitrogen and oxygen atoms in total. The van der Waals surface area contributed by atoms with Gasteiger partial charge in [0.2, 0.25) is 0 Å². The molecule has 0 heterocycles. The van der Waals surface area contributed by atoms with Crippen LogP contribution >= 0.6 is 0 Å². The number of allylic oxidation sites excluding steroid dienone is 2. The summed E-state index contributed by atoms with van der Waals surface area (Å²) >= 11 is 0. The number of anilines is 1. The fourth-order valence-electron chi connectivity index (χ4n) is 1.33. The molecule has 0 atom stereocenters. The number of amides is 1. The van der Waals surface area contributed by atoms with E-state index in [2.05, 4.69) is 0 Å². The van der Waals surface area contributed by atoms with Crippen LogP contribution in [0.1, 0.15) is 5.56 Å². The Morgan fingerprint density at radius 1 is 1.20 bits per heavy atom. The van der Waals surface area contributed by atoms with Crippen molar-refractivity contribution in [3.8, 4) is 0 Å². The topological polar surface area (TPSA) is 32.3 Å². The van der Waals surface area contributed by atoms with Gasteiger partial charge >= 0.3 is 12.1 Å². The number of carbonyl (C=O) groups excluding carboxylic acids is 1. The maximum atomic E-state index is 12.2. The first-order valence-corrected chi connectivity index (χ1v) is 5.79. The highest BCUT2D eigenvalue weighted by Gasteiger charge is 2.38. The van der Waals surface area contributed by atoms with Crippen molar-refractivity contribution in [3.63, 3.8) is 0 Å². The molecule has 20 heavy (non-hydrogen) atoms. The third-order valence-electron chi connectivity index (χ3n) is 2.24. The monoisotopic (exact) mass is 284 g/mol. The summed E-state index contributed by atoms with van der Waals surface area (Å²) in [5.41, 5.74) is 0.609. The zero-order valence-electron chi connectivity index (χ0n) is 11.1. The zero-order valence-corrected chi connectivity index (χ0v) is 11.1. The number of halogens is 3. The Morgan fingerprint density at radius 2 is 1.85 bits per heavy atom. The minimum Gasteiger partial charge on any atom is -0.383 e. The Kier molecular flexibility index (Phi) is 5.37. The number of carbonyl (C=O) groups is 1. The van der Waals surface area contributed by atoms with E-state index in [1.807, 2.05) is 24.3 Å².